The number of ketones is 1. The van der Waals surface area contributed by atoms with E-state index in [9.17, 15) is 4.79 Å². The van der Waals surface area contributed by atoms with E-state index in [-0.39, 0.29) is 0 Å². The number of Topliss-reactive ketones (excluding diaryl/α,β-unsaturated/α-hetero) is 1. The summed E-state index contributed by atoms with van der Waals surface area (Å²) in [5.74, 6) is 1.61. The van der Waals surface area contributed by atoms with E-state index in [0.29, 0.717) is 17.7 Å². The minimum absolute atomic E-state index is 0.361. The fraction of sp³-hybridized carbons (Fsp3) is 0.929. The van der Waals surface area contributed by atoms with E-state index >= 15 is 0 Å². The molecule has 3 nitrogen and oxygen atoms in total. The third kappa shape index (κ3) is 3.29. The number of carbonyl (C=O) groups excluding carboxylic acids is 1. The largest absolute Gasteiger partial charge is 0.306 e. The molecule has 1 saturated carbocycles. The Hall–Kier alpha value is -0.410. The van der Waals surface area contributed by atoms with Crippen molar-refractivity contribution in [2.75, 3.05) is 33.7 Å². The van der Waals surface area contributed by atoms with E-state index in [1.54, 1.807) is 6.92 Å². The average Bonchev–Trinajstić information content (AvgIpc) is 2.18. The van der Waals surface area contributed by atoms with Crippen LogP contribution in [0.2, 0.25) is 0 Å². The van der Waals surface area contributed by atoms with Crippen LogP contribution in [0.4, 0.5) is 0 Å². The highest BCUT2D eigenvalue weighted by molar-refractivity contribution is 5.79. The standard InChI is InChI=1S/C14H26N2O/c1-11(17)13-8-14(9-13)16(3)10-12-4-6-15(2)7-5-12/h12-14H,4-10H2,1-3H3. The van der Waals surface area contributed by atoms with Crippen molar-refractivity contribution in [2.24, 2.45) is 11.8 Å². The van der Waals surface area contributed by atoms with Crippen molar-refractivity contribution in [3.8, 4) is 0 Å². The highest BCUT2D eigenvalue weighted by atomic mass is 16.1. The van der Waals surface area contributed by atoms with Crippen LogP contribution in [0.3, 0.4) is 0 Å². The second-order valence-electron chi connectivity index (χ2n) is 6.12. The molecule has 0 unspecified atom stereocenters. The van der Waals surface area contributed by atoms with Crippen LogP contribution in [0.5, 0.6) is 0 Å². The molecule has 2 rings (SSSR count). The summed E-state index contributed by atoms with van der Waals surface area (Å²) in [5, 5.41) is 0. The van der Waals surface area contributed by atoms with E-state index in [1.165, 1.54) is 32.5 Å². The third-order valence-corrected chi connectivity index (χ3v) is 4.70. The number of nitrogens with zero attached hydrogens (tertiary/aromatic N) is 2. The molecule has 0 N–H and O–H groups in total. The van der Waals surface area contributed by atoms with Gasteiger partial charge in [-0.25, -0.2) is 0 Å². The van der Waals surface area contributed by atoms with Gasteiger partial charge in [-0.15, -0.1) is 0 Å². The fourth-order valence-electron chi connectivity index (χ4n) is 3.08. The minimum Gasteiger partial charge on any atom is -0.306 e. The molecule has 1 saturated heterocycles. The Labute approximate surface area is 105 Å². The fourth-order valence-corrected chi connectivity index (χ4v) is 3.08. The predicted molar refractivity (Wildman–Crippen MR) is 70.0 cm³/mol. The number of piperidine rings is 1. The van der Waals surface area contributed by atoms with Gasteiger partial charge in [0.15, 0.2) is 0 Å². The third-order valence-electron chi connectivity index (χ3n) is 4.70. The highest BCUT2D eigenvalue weighted by Gasteiger charge is 2.35. The van der Waals surface area contributed by atoms with Gasteiger partial charge in [0.2, 0.25) is 0 Å². The zero-order valence-corrected chi connectivity index (χ0v) is 11.5. The van der Waals surface area contributed by atoms with Crippen LogP contribution in [0, 0.1) is 11.8 Å². The molecule has 98 valence electrons. The van der Waals surface area contributed by atoms with Crippen molar-refractivity contribution in [3.05, 3.63) is 0 Å². The Bertz CT molecular complexity index is 265. The van der Waals surface area contributed by atoms with Crippen molar-refractivity contribution >= 4 is 5.78 Å². The molecule has 17 heavy (non-hydrogen) atoms. The summed E-state index contributed by atoms with van der Waals surface area (Å²) in [6.07, 6.45) is 4.87. The minimum atomic E-state index is 0.361. The second kappa shape index (κ2) is 5.49. The van der Waals surface area contributed by atoms with Gasteiger partial charge < -0.3 is 9.80 Å². The lowest BCUT2D eigenvalue weighted by atomic mass is 9.77. The van der Waals surface area contributed by atoms with Gasteiger partial charge in [-0.1, -0.05) is 0 Å². The molecule has 0 bridgehead atoms. The second-order valence-corrected chi connectivity index (χ2v) is 6.12. The van der Waals surface area contributed by atoms with Crippen LogP contribution in [-0.2, 0) is 4.79 Å². The number of rotatable bonds is 4. The van der Waals surface area contributed by atoms with E-state index in [4.69, 9.17) is 0 Å². The lowest BCUT2D eigenvalue weighted by Gasteiger charge is -2.42. The Morgan fingerprint density at radius 3 is 2.41 bits per heavy atom. The van der Waals surface area contributed by atoms with Gasteiger partial charge in [0, 0.05) is 18.5 Å². The summed E-state index contributed by atoms with van der Waals surface area (Å²) in [6, 6.07) is 0.670. The van der Waals surface area contributed by atoms with Crippen molar-refractivity contribution in [2.45, 2.75) is 38.6 Å². The number of likely N-dealkylation sites (tertiary alicyclic amines) is 1. The predicted octanol–water partition coefficient (Wildman–Crippen LogP) is 1.63. The first kappa shape index (κ1) is 13.0. The summed E-state index contributed by atoms with van der Waals surface area (Å²) in [6.45, 7) is 5.46. The molecular formula is C14H26N2O. The van der Waals surface area contributed by atoms with Crippen molar-refractivity contribution < 1.29 is 4.79 Å². The molecular weight excluding hydrogens is 212 g/mol. The normalized spacial score (nSPS) is 31.5. The Morgan fingerprint density at radius 2 is 1.88 bits per heavy atom. The molecule has 0 radical (unpaired) electrons. The lowest BCUT2D eigenvalue weighted by molar-refractivity contribution is -0.125. The van der Waals surface area contributed by atoms with Crippen LogP contribution in [0.1, 0.15) is 32.6 Å². The molecule has 0 spiro atoms. The summed E-state index contributed by atoms with van der Waals surface area (Å²) < 4.78 is 0. The molecule has 1 aliphatic heterocycles. The maximum Gasteiger partial charge on any atom is 0.133 e. The molecule has 2 fully saturated rings. The number of hydrogen-bond donors (Lipinski definition) is 0. The molecule has 3 heteroatoms. The van der Waals surface area contributed by atoms with Gasteiger partial charge in [0.05, 0.1) is 0 Å². The Balaban J connectivity index is 1.68. The lowest BCUT2D eigenvalue weighted by Crippen LogP contribution is -2.47. The number of hydrogen-bond acceptors (Lipinski definition) is 3. The first-order valence-corrected chi connectivity index (χ1v) is 6.95. The first-order chi connectivity index (χ1) is 8.06. The SMILES string of the molecule is CC(=O)C1CC(N(C)CC2CCN(C)CC2)C1. The van der Waals surface area contributed by atoms with Gasteiger partial charge in [0.1, 0.15) is 5.78 Å². The van der Waals surface area contributed by atoms with Gasteiger partial charge in [0.25, 0.3) is 0 Å². The molecule has 0 atom stereocenters. The van der Waals surface area contributed by atoms with Crippen LogP contribution >= 0.6 is 0 Å². The van der Waals surface area contributed by atoms with Crippen molar-refractivity contribution in [1.29, 1.82) is 0 Å². The van der Waals surface area contributed by atoms with Gasteiger partial charge in [-0.3, -0.25) is 4.79 Å². The zero-order chi connectivity index (χ0) is 12.4. The van der Waals surface area contributed by atoms with E-state index in [1.807, 2.05) is 0 Å². The maximum atomic E-state index is 11.2. The molecule has 1 heterocycles. The quantitative estimate of drug-likeness (QED) is 0.744. The topological polar surface area (TPSA) is 23.6 Å². The van der Waals surface area contributed by atoms with Crippen molar-refractivity contribution in [1.82, 2.24) is 9.80 Å². The van der Waals surface area contributed by atoms with Crippen LogP contribution in [0.25, 0.3) is 0 Å². The first-order valence-electron chi connectivity index (χ1n) is 6.95. The van der Waals surface area contributed by atoms with Gasteiger partial charge in [-0.2, -0.15) is 0 Å². The smallest absolute Gasteiger partial charge is 0.133 e. The summed E-state index contributed by atoms with van der Waals surface area (Å²) in [5.41, 5.74) is 0. The van der Waals surface area contributed by atoms with Crippen molar-refractivity contribution in [3.63, 3.8) is 0 Å². The zero-order valence-electron chi connectivity index (χ0n) is 11.5. The van der Waals surface area contributed by atoms with E-state index < -0.39 is 0 Å². The van der Waals surface area contributed by atoms with Crippen LogP contribution in [0.15, 0.2) is 0 Å². The highest BCUT2D eigenvalue weighted by Crippen LogP contribution is 2.32. The van der Waals surface area contributed by atoms with Gasteiger partial charge in [-0.05, 0) is 65.7 Å². The molecule has 2 aliphatic rings. The van der Waals surface area contributed by atoms with E-state index in [0.717, 1.165) is 18.8 Å². The number of carbonyl (C=O) groups is 1. The van der Waals surface area contributed by atoms with E-state index in [2.05, 4.69) is 23.9 Å². The summed E-state index contributed by atoms with van der Waals surface area (Å²) in [7, 11) is 4.45. The molecule has 0 aromatic carbocycles. The van der Waals surface area contributed by atoms with Crippen LogP contribution < -0.4 is 0 Å². The maximum absolute atomic E-state index is 11.2. The van der Waals surface area contributed by atoms with Crippen LogP contribution in [-0.4, -0.2) is 55.4 Å². The Morgan fingerprint density at radius 1 is 1.29 bits per heavy atom. The molecule has 1 aliphatic carbocycles. The molecule has 0 aromatic heterocycles. The summed E-state index contributed by atoms with van der Waals surface area (Å²) in [4.78, 5) is 16.1. The summed E-state index contributed by atoms with van der Waals surface area (Å²) >= 11 is 0. The Kier molecular flexibility index (Phi) is 4.21. The average molecular weight is 238 g/mol. The monoisotopic (exact) mass is 238 g/mol. The van der Waals surface area contributed by atoms with Gasteiger partial charge >= 0.3 is 0 Å². The molecule has 0 amide bonds. The molecule has 0 aromatic rings.